The van der Waals surface area contributed by atoms with Crippen molar-refractivity contribution in [3.05, 3.63) is 34.9 Å². The number of nitrogens with one attached hydrogen (secondary N) is 3. The Kier molecular flexibility index (Phi) is 3.97. The van der Waals surface area contributed by atoms with Gasteiger partial charge in [-0.3, -0.25) is 15.1 Å². The first-order valence-corrected chi connectivity index (χ1v) is 6.71. The molecule has 0 aliphatic carbocycles. The molecule has 2 aromatic heterocycles. The zero-order chi connectivity index (χ0) is 17.1. The van der Waals surface area contributed by atoms with E-state index in [1.54, 1.807) is 18.2 Å². The number of hydrogen-bond donors (Lipinski definition) is 3. The van der Waals surface area contributed by atoms with Crippen LogP contribution < -0.4 is 16.4 Å². The lowest BCUT2D eigenvalue weighted by Gasteiger charge is -2.04. The number of benzene rings is 1. The Balaban J connectivity index is 1.64. The number of aromatic amines is 1. The molecule has 2 heterocycles. The number of oxazole rings is 1. The van der Waals surface area contributed by atoms with Gasteiger partial charge in [-0.05, 0) is 18.2 Å². The minimum atomic E-state index is -0.686. The van der Waals surface area contributed by atoms with Gasteiger partial charge in [-0.2, -0.15) is 9.90 Å². The second-order valence-corrected chi connectivity index (χ2v) is 4.65. The molecule has 24 heavy (non-hydrogen) atoms. The molecule has 0 spiro atoms. The Morgan fingerprint density at radius 3 is 3.00 bits per heavy atom. The lowest BCUT2D eigenvalue weighted by atomic mass is 10.3. The predicted molar refractivity (Wildman–Crippen MR) is 81.5 cm³/mol. The molecule has 0 aliphatic heterocycles. The van der Waals surface area contributed by atoms with Crippen molar-refractivity contribution >= 4 is 34.6 Å². The van der Waals surface area contributed by atoms with Crippen LogP contribution in [0.5, 0.6) is 0 Å². The van der Waals surface area contributed by atoms with Crippen molar-refractivity contribution in [2.45, 2.75) is 6.54 Å². The number of hydrogen-bond acceptors (Lipinski definition) is 7. The van der Waals surface area contributed by atoms with Crippen molar-refractivity contribution < 1.29 is 18.7 Å². The Labute approximate surface area is 133 Å². The fraction of sp³-hybridized carbons (Fsp3) is 0.154. The fourth-order valence-electron chi connectivity index (χ4n) is 1.95. The van der Waals surface area contributed by atoms with Gasteiger partial charge in [-0.15, -0.1) is 5.10 Å². The van der Waals surface area contributed by atoms with E-state index in [1.165, 1.54) is 13.3 Å². The highest BCUT2D eigenvalue weighted by molar-refractivity contribution is 5.92. The Morgan fingerprint density at radius 2 is 2.21 bits per heavy atom. The molecule has 124 valence electrons. The van der Waals surface area contributed by atoms with Crippen LogP contribution in [-0.4, -0.2) is 39.1 Å². The molecular formula is C13H12N6O5. The van der Waals surface area contributed by atoms with E-state index in [1.807, 2.05) is 0 Å². The molecule has 0 radical (unpaired) electrons. The second kappa shape index (κ2) is 6.24. The highest BCUT2D eigenvalue weighted by atomic mass is 16.5. The Morgan fingerprint density at radius 1 is 1.38 bits per heavy atom. The van der Waals surface area contributed by atoms with Crippen LogP contribution in [0.1, 0.15) is 0 Å². The summed E-state index contributed by atoms with van der Waals surface area (Å²) in [5.74, 6) is -0.799. The average Bonchev–Trinajstić information content (AvgIpc) is 3.11. The number of carbonyl (C=O) groups is 2. The van der Waals surface area contributed by atoms with Gasteiger partial charge < -0.3 is 14.5 Å². The van der Waals surface area contributed by atoms with Crippen LogP contribution in [0.2, 0.25) is 0 Å². The number of methoxy groups -OCH3 is 1. The minimum absolute atomic E-state index is 0.159. The van der Waals surface area contributed by atoms with Crippen molar-refractivity contribution in [2.75, 3.05) is 17.7 Å². The zero-order valence-corrected chi connectivity index (χ0v) is 12.4. The SMILES string of the molecule is COC(=O)Nc1cnn(CC(=O)Nc2ccc3oc(=O)[nH]c3c2)n1. The van der Waals surface area contributed by atoms with E-state index >= 15 is 0 Å². The van der Waals surface area contributed by atoms with Gasteiger partial charge in [0.05, 0.1) is 18.8 Å². The molecule has 0 atom stereocenters. The van der Waals surface area contributed by atoms with Gasteiger partial charge in [0.2, 0.25) is 5.91 Å². The summed E-state index contributed by atoms with van der Waals surface area (Å²) in [5.41, 5.74) is 1.34. The quantitative estimate of drug-likeness (QED) is 0.632. The third-order valence-corrected chi connectivity index (χ3v) is 2.94. The summed E-state index contributed by atoms with van der Waals surface area (Å²) < 4.78 is 9.30. The maximum atomic E-state index is 12.0. The first-order chi connectivity index (χ1) is 11.5. The third-order valence-electron chi connectivity index (χ3n) is 2.94. The second-order valence-electron chi connectivity index (χ2n) is 4.65. The number of fused-ring (bicyclic) bond motifs is 1. The topological polar surface area (TPSA) is 144 Å². The van der Waals surface area contributed by atoms with Crippen LogP contribution in [0.25, 0.3) is 11.1 Å². The number of nitrogens with zero attached hydrogens (tertiary/aromatic N) is 3. The monoisotopic (exact) mass is 332 g/mol. The Bertz CT molecular complexity index is 955. The summed E-state index contributed by atoms with van der Waals surface area (Å²) in [4.78, 5) is 37.7. The van der Waals surface area contributed by atoms with Crippen LogP contribution in [-0.2, 0) is 16.1 Å². The highest BCUT2D eigenvalue weighted by Crippen LogP contribution is 2.16. The Hall–Kier alpha value is -3.63. The number of rotatable bonds is 4. The van der Waals surface area contributed by atoms with Crippen LogP contribution in [0, 0.1) is 0 Å². The van der Waals surface area contributed by atoms with Crippen molar-refractivity contribution in [1.29, 1.82) is 0 Å². The molecule has 0 saturated heterocycles. The molecule has 3 N–H and O–H groups in total. The number of H-pyrrole nitrogens is 1. The molecule has 0 aliphatic rings. The summed E-state index contributed by atoms with van der Waals surface area (Å²) in [6.45, 7) is -0.164. The molecule has 0 unspecified atom stereocenters. The number of ether oxygens (including phenoxy) is 1. The van der Waals surface area contributed by atoms with Crippen molar-refractivity contribution in [1.82, 2.24) is 20.0 Å². The molecule has 2 amide bonds. The van der Waals surface area contributed by atoms with Gasteiger partial charge in [-0.25, -0.2) is 9.59 Å². The van der Waals surface area contributed by atoms with Gasteiger partial charge in [0, 0.05) is 5.69 Å². The van der Waals surface area contributed by atoms with Gasteiger partial charge in [-0.1, -0.05) is 0 Å². The molecular weight excluding hydrogens is 320 g/mol. The summed E-state index contributed by atoms with van der Waals surface area (Å²) in [7, 11) is 1.22. The van der Waals surface area contributed by atoms with E-state index in [-0.39, 0.29) is 18.3 Å². The molecule has 0 bridgehead atoms. The number of carbonyl (C=O) groups excluding carboxylic acids is 2. The van der Waals surface area contributed by atoms with Crippen molar-refractivity contribution in [3.63, 3.8) is 0 Å². The summed E-state index contributed by atoms with van der Waals surface area (Å²) >= 11 is 0. The first-order valence-electron chi connectivity index (χ1n) is 6.71. The molecule has 0 saturated carbocycles. The van der Waals surface area contributed by atoms with E-state index in [4.69, 9.17) is 4.42 Å². The minimum Gasteiger partial charge on any atom is -0.453 e. The largest absolute Gasteiger partial charge is 0.453 e. The van der Waals surface area contributed by atoms with E-state index < -0.39 is 11.8 Å². The molecule has 11 heteroatoms. The number of aromatic nitrogens is 4. The van der Waals surface area contributed by atoms with Gasteiger partial charge in [0.1, 0.15) is 6.54 Å². The standard InChI is InChI=1S/C13H12N6O5/c1-23-12(21)17-10-5-14-19(18-10)6-11(20)15-7-2-3-9-8(4-7)16-13(22)24-9/h2-5H,6H2,1H3,(H,15,20)(H,16,22)(H,17,18,21). The lowest BCUT2D eigenvalue weighted by Crippen LogP contribution is -2.20. The van der Waals surface area contributed by atoms with E-state index in [2.05, 4.69) is 30.6 Å². The normalized spacial score (nSPS) is 10.5. The maximum absolute atomic E-state index is 12.0. The zero-order valence-electron chi connectivity index (χ0n) is 12.4. The smallest absolute Gasteiger partial charge is 0.417 e. The average molecular weight is 332 g/mol. The van der Waals surface area contributed by atoms with E-state index in [0.29, 0.717) is 16.8 Å². The van der Waals surface area contributed by atoms with Crippen molar-refractivity contribution in [2.24, 2.45) is 0 Å². The highest BCUT2D eigenvalue weighted by Gasteiger charge is 2.10. The molecule has 3 rings (SSSR count). The van der Waals surface area contributed by atoms with Crippen LogP contribution in [0.4, 0.5) is 16.3 Å². The summed E-state index contributed by atoms with van der Waals surface area (Å²) in [5, 5.41) is 12.7. The van der Waals surface area contributed by atoms with Gasteiger partial charge in [0.15, 0.2) is 11.4 Å². The molecule has 11 nitrogen and oxygen atoms in total. The third kappa shape index (κ3) is 3.40. The van der Waals surface area contributed by atoms with E-state index in [9.17, 15) is 14.4 Å². The first kappa shape index (κ1) is 15.3. The fourth-order valence-corrected chi connectivity index (χ4v) is 1.95. The number of anilines is 2. The maximum Gasteiger partial charge on any atom is 0.417 e. The summed E-state index contributed by atoms with van der Waals surface area (Å²) in [6.07, 6.45) is 0.598. The van der Waals surface area contributed by atoms with Crippen LogP contribution >= 0.6 is 0 Å². The molecule has 3 aromatic rings. The van der Waals surface area contributed by atoms with Gasteiger partial charge in [0.25, 0.3) is 0 Å². The van der Waals surface area contributed by atoms with Crippen LogP contribution in [0.3, 0.4) is 0 Å². The molecule has 0 fully saturated rings. The summed E-state index contributed by atoms with van der Waals surface area (Å²) in [6, 6.07) is 4.73. The van der Waals surface area contributed by atoms with Gasteiger partial charge >= 0.3 is 11.8 Å². The van der Waals surface area contributed by atoms with Crippen LogP contribution in [0.15, 0.2) is 33.6 Å². The predicted octanol–water partition coefficient (Wildman–Crippen LogP) is 0.530. The number of amides is 2. The van der Waals surface area contributed by atoms with Crippen molar-refractivity contribution in [3.8, 4) is 0 Å². The lowest BCUT2D eigenvalue weighted by molar-refractivity contribution is -0.117. The molecule has 1 aromatic carbocycles. The van der Waals surface area contributed by atoms with E-state index in [0.717, 1.165) is 4.80 Å².